The van der Waals surface area contributed by atoms with E-state index in [2.05, 4.69) is 21.9 Å². The number of rotatable bonds is 7. The molecule has 2 amide bonds. The summed E-state index contributed by atoms with van der Waals surface area (Å²) in [6, 6.07) is 11.5. The molecule has 0 aliphatic carbocycles. The number of nitrogen functional groups attached to an aromatic ring is 1. The van der Waals surface area contributed by atoms with Gasteiger partial charge in [0.1, 0.15) is 29.4 Å². The molecule has 3 N–H and O–H groups in total. The van der Waals surface area contributed by atoms with E-state index in [4.69, 9.17) is 15.6 Å². The molecule has 0 spiro atoms. The molecule has 5 rings (SSSR count). The van der Waals surface area contributed by atoms with Gasteiger partial charge in [-0.15, -0.1) is 0 Å². The van der Waals surface area contributed by atoms with Crippen molar-refractivity contribution in [3.63, 3.8) is 0 Å². The summed E-state index contributed by atoms with van der Waals surface area (Å²) in [5, 5.41) is 8.26. The standard InChI is InChI=1S/C28H28FN7O3.CH3F/c1-3-23(37)35-12-4-5-19(15-35)36-27-24(26(30)32-16-33-27)25(34-36)18-8-6-17(7-9-18)14-31-28(38)21-11-10-20(39-2)13-22(21)29;1-2/h3,6-11,13,16,19H,1,4-5,12,14-15H2,2H3,(H,31,38)(H2,30,32,33);1H3. The van der Waals surface area contributed by atoms with E-state index in [-0.39, 0.29) is 24.1 Å². The van der Waals surface area contributed by atoms with E-state index in [9.17, 15) is 18.4 Å². The summed E-state index contributed by atoms with van der Waals surface area (Å²) in [7, 11) is 1.93. The van der Waals surface area contributed by atoms with Crippen molar-refractivity contribution in [1.29, 1.82) is 0 Å². The third kappa shape index (κ3) is 6.16. The number of amides is 2. The number of fused-ring (bicyclic) bond motifs is 1. The van der Waals surface area contributed by atoms with Crippen LogP contribution in [0.25, 0.3) is 22.3 Å². The second-order valence-corrected chi connectivity index (χ2v) is 9.26. The number of alkyl halides is 1. The number of nitrogens with two attached hydrogens (primary N) is 1. The Labute approximate surface area is 235 Å². The Kier molecular flexibility index (Phi) is 9.23. The van der Waals surface area contributed by atoms with Gasteiger partial charge in [0.15, 0.2) is 5.65 Å². The van der Waals surface area contributed by atoms with Crippen LogP contribution in [0.5, 0.6) is 5.75 Å². The second-order valence-electron chi connectivity index (χ2n) is 9.26. The first-order valence-corrected chi connectivity index (χ1v) is 12.9. The number of carbonyl (C=O) groups is 2. The highest BCUT2D eigenvalue weighted by molar-refractivity contribution is 5.98. The zero-order valence-corrected chi connectivity index (χ0v) is 22.8. The largest absolute Gasteiger partial charge is 0.497 e. The average Bonchev–Trinajstić information content (AvgIpc) is 3.41. The fourth-order valence-corrected chi connectivity index (χ4v) is 4.80. The number of nitrogens with zero attached hydrogens (tertiary/aromatic N) is 5. The molecule has 2 aromatic heterocycles. The molecule has 1 fully saturated rings. The predicted octanol–water partition coefficient (Wildman–Crippen LogP) is 4.09. The third-order valence-corrected chi connectivity index (χ3v) is 6.85. The van der Waals surface area contributed by atoms with Gasteiger partial charge in [0, 0.05) is 31.3 Å². The summed E-state index contributed by atoms with van der Waals surface area (Å²) >= 11 is 0. The first kappa shape index (κ1) is 29.1. The van der Waals surface area contributed by atoms with E-state index in [1.165, 1.54) is 37.7 Å². The Bertz CT molecular complexity index is 1560. The molecule has 41 heavy (non-hydrogen) atoms. The minimum atomic E-state index is -0.653. The molecular weight excluding hydrogens is 532 g/mol. The van der Waals surface area contributed by atoms with E-state index >= 15 is 0 Å². The zero-order chi connectivity index (χ0) is 29.5. The van der Waals surface area contributed by atoms with Crippen LogP contribution in [-0.2, 0) is 11.3 Å². The normalized spacial score (nSPS) is 14.6. The highest BCUT2D eigenvalue weighted by Gasteiger charge is 2.28. The highest BCUT2D eigenvalue weighted by Crippen LogP contribution is 2.34. The topological polar surface area (TPSA) is 128 Å². The second kappa shape index (κ2) is 13.0. The Balaban J connectivity index is 0.00000189. The lowest BCUT2D eigenvalue weighted by molar-refractivity contribution is -0.127. The Morgan fingerprint density at radius 1 is 1.20 bits per heavy atom. The maximum absolute atomic E-state index is 14.2. The van der Waals surface area contributed by atoms with Crippen LogP contribution in [0.2, 0.25) is 0 Å². The summed E-state index contributed by atoms with van der Waals surface area (Å²) in [6.07, 6.45) is 4.41. The fourth-order valence-electron chi connectivity index (χ4n) is 4.80. The van der Waals surface area contributed by atoms with Gasteiger partial charge >= 0.3 is 0 Å². The van der Waals surface area contributed by atoms with Gasteiger partial charge in [0.25, 0.3) is 5.91 Å². The van der Waals surface area contributed by atoms with Crippen LogP contribution in [0.4, 0.5) is 14.6 Å². The van der Waals surface area contributed by atoms with Crippen LogP contribution in [0, 0.1) is 5.82 Å². The van der Waals surface area contributed by atoms with E-state index in [1.807, 2.05) is 28.9 Å². The van der Waals surface area contributed by atoms with Gasteiger partial charge in [-0.1, -0.05) is 30.8 Å². The number of carbonyl (C=O) groups excluding carboxylic acids is 2. The van der Waals surface area contributed by atoms with Gasteiger partial charge < -0.3 is 20.7 Å². The lowest BCUT2D eigenvalue weighted by Crippen LogP contribution is -2.40. The van der Waals surface area contributed by atoms with Crippen LogP contribution in [0.15, 0.2) is 61.4 Å². The SMILES string of the molecule is C=CC(=O)N1CCCC(n2nc(-c3ccc(CNC(=O)c4ccc(OC)cc4F)cc3)c3c(N)ncnc32)C1.CF. The van der Waals surface area contributed by atoms with Crippen molar-refractivity contribution in [3.8, 4) is 17.0 Å². The molecule has 214 valence electrons. The molecule has 1 unspecified atom stereocenters. The fraction of sp³-hybridized carbons (Fsp3) is 0.276. The Morgan fingerprint density at radius 3 is 2.63 bits per heavy atom. The van der Waals surface area contributed by atoms with Crippen molar-refractivity contribution in [3.05, 3.63) is 78.4 Å². The number of hydrogen-bond acceptors (Lipinski definition) is 7. The summed E-state index contributed by atoms with van der Waals surface area (Å²) in [5.74, 6) is -0.631. The number of nitrogens with one attached hydrogen (secondary N) is 1. The van der Waals surface area contributed by atoms with E-state index in [0.29, 0.717) is 48.6 Å². The van der Waals surface area contributed by atoms with Crippen molar-refractivity contribution in [2.75, 3.05) is 33.1 Å². The van der Waals surface area contributed by atoms with Crippen LogP contribution in [0.3, 0.4) is 0 Å². The number of hydrogen-bond donors (Lipinski definition) is 2. The molecule has 4 aromatic rings. The van der Waals surface area contributed by atoms with Gasteiger partial charge in [-0.3, -0.25) is 14.0 Å². The number of benzene rings is 2. The molecule has 12 heteroatoms. The van der Waals surface area contributed by atoms with E-state index < -0.39 is 11.7 Å². The van der Waals surface area contributed by atoms with Gasteiger partial charge in [0.05, 0.1) is 31.3 Å². The van der Waals surface area contributed by atoms with Crippen molar-refractivity contribution in [1.82, 2.24) is 30.0 Å². The molecule has 10 nitrogen and oxygen atoms in total. The summed E-state index contributed by atoms with van der Waals surface area (Å²) in [6.45, 7) is 4.98. The van der Waals surface area contributed by atoms with Crippen LogP contribution in [0.1, 0.15) is 34.8 Å². The minimum absolute atomic E-state index is 0.0593. The Hall–Kier alpha value is -4.87. The smallest absolute Gasteiger partial charge is 0.254 e. The minimum Gasteiger partial charge on any atom is -0.497 e. The number of ether oxygens (including phenoxy) is 1. The lowest BCUT2D eigenvalue weighted by atomic mass is 10.1. The maximum Gasteiger partial charge on any atom is 0.254 e. The molecule has 1 aliphatic heterocycles. The first-order chi connectivity index (χ1) is 19.9. The lowest BCUT2D eigenvalue weighted by Gasteiger charge is -2.32. The Morgan fingerprint density at radius 2 is 1.95 bits per heavy atom. The molecule has 3 heterocycles. The molecule has 1 aliphatic rings. The average molecular weight is 564 g/mol. The molecule has 0 bridgehead atoms. The number of piperidine rings is 1. The highest BCUT2D eigenvalue weighted by atomic mass is 19.1. The number of likely N-dealkylation sites (tertiary alicyclic amines) is 1. The molecule has 1 atom stereocenters. The van der Waals surface area contributed by atoms with Crippen molar-refractivity contribution in [2.45, 2.75) is 25.4 Å². The first-order valence-electron chi connectivity index (χ1n) is 12.9. The van der Waals surface area contributed by atoms with Crippen molar-refractivity contribution >= 4 is 28.7 Å². The number of anilines is 1. The summed E-state index contributed by atoms with van der Waals surface area (Å²) < 4.78 is 30.6. The summed E-state index contributed by atoms with van der Waals surface area (Å²) in [4.78, 5) is 35.1. The van der Waals surface area contributed by atoms with Crippen LogP contribution < -0.4 is 15.8 Å². The number of aromatic nitrogens is 4. The predicted molar refractivity (Wildman–Crippen MR) is 151 cm³/mol. The molecule has 0 saturated carbocycles. The molecule has 0 radical (unpaired) electrons. The van der Waals surface area contributed by atoms with Gasteiger partial charge in [-0.05, 0) is 36.6 Å². The van der Waals surface area contributed by atoms with Crippen molar-refractivity contribution in [2.24, 2.45) is 0 Å². The van der Waals surface area contributed by atoms with Gasteiger partial charge in [0.2, 0.25) is 5.91 Å². The van der Waals surface area contributed by atoms with Crippen LogP contribution in [-0.4, -0.2) is 63.8 Å². The van der Waals surface area contributed by atoms with Gasteiger partial charge in [-0.25, -0.2) is 19.0 Å². The van der Waals surface area contributed by atoms with Gasteiger partial charge in [-0.2, -0.15) is 5.10 Å². The zero-order valence-electron chi connectivity index (χ0n) is 22.8. The quantitative estimate of drug-likeness (QED) is 0.324. The molecular formula is C29H31F2N7O3. The number of halogens is 2. The van der Waals surface area contributed by atoms with E-state index in [1.54, 1.807) is 4.90 Å². The summed E-state index contributed by atoms with van der Waals surface area (Å²) in [5.41, 5.74) is 9.06. The van der Waals surface area contributed by atoms with E-state index in [0.717, 1.165) is 24.0 Å². The molecule has 1 saturated heterocycles. The van der Waals surface area contributed by atoms with Crippen LogP contribution >= 0.6 is 0 Å². The van der Waals surface area contributed by atoms with Crippen molar-refractivity contribution < 1.29 is 23.1 Å². The third-order valence-electron chi connectivity index (χ3n) is 6.85. The molecule has 2 aromatic carbocycles. The maximum atomic E-state index is 14.2. The number of methoxy groups -OCH3 is 1. The monoisotopic (exact) mass is 563 g/mol.